The molecule has 0 aliphatic carbocycles. The summed E-state index contributed by atoms with van der Waals surface area (Å²) in [4.78, 5) is 0. The Balaban J connectivity index is 2.53. The van der Waals surface area contributed by atoms with Gasteiger partial charge in [-0.1, -0.05) is 0 Å². The van der Waals surface area contributed by atoms with Gasteiger partial charge in [0, 0.05) is 19.6 Å². The van der Waals surface area contributed by atoms with E-state index in [2.05, 4.69) is 14.8 Å². The third-order valence-corrected chi connectivity index (χ3v) is 2.41. The summed E-state index contributed by atoms with van der Waals surface area (Å²) < 4.78 is 2.12. The molecule has 5 heteroatoms. The number of nitrogens with zero attached hydrogens (tertiary/aromatic N) is 3. The Morgan fingerprint density at radius 3 is 2.73 bits per heavy atom. The summed E-state index contributed by atoms with van der Waals surface area (Å²) in [6.45, 7) is 3.78. The van der Waals surface area contributed by atoms with Crippen LogP contribution in [0.3, 0.4) is 0 Å². The SMILES string of the molecule is Cc1nnc(CCCCO)n1CCCN. The first-order chi connectivity index (χ1) is 7.29. The van der Waals surface area contributed by atoms with E-state index < -0.39 is 0 Å². The molecule has 1 aromatic rings. The van der Waals surface area contributed by atoms with Crippen molar-refractivity contribution >= 4 is 0 Å². The Morgan fingerprint density at radius 1 is 1.27 bits per heavy atom. The molecule has 0 saturated carbocycles. The maximum absolute atomic E-state index is 8.70. The molecule has 0 aliphatic rings. The molecule has 1 rings (SSSR count). The zero-order valence-electron chi connectivity index (χ0n) is 9.32. The molecule has 15 heavy (non-hydrogen) atoms. The van der Waals surface area contributed by atoms with E-state index in [-0.39, 0.29) is 6.61 Å². The average molecular weight is 212 g/mol. The Hall–Kier alpha value is -0.940. The lowest BCUT2D eigenvalue weighted by Gasteiger charge is -2.07. The summed E-state index contributed by atoms with van der Waals surface area (Å²) in [7, 11) is 0. The molecule has 0 amide bonds. The number of hydrogen-bond acceptors (Lipinski definition) is 4. The van der Waals surface area contributed by atoms with Gasteiger partial charge in [0.25, 0.3) is 0 Å². The van der Waals surface area contributed by atoms with Gasteiger partial charge in [0.2, 0.25) is 0 Å². The van der Waals surface area contributed by atoms with Crippen LogP contribution in [0.1, 0.15) is 30.9 Å². The van der Waals surface area contributed by atoms with E-state index in [1.54, 1.807) is 0 Å². The van der Waals surface area contributed by atoms with Crippen molar-refractivity contribution in [2.45, 2.75) is 39.2 Å². The summed E-state index contributed by atoms with van der Waals surface area (Å²) in [5.41, 5.74) is 5.48. The summed E-state index contributed by atoms with van der Waals surface area (Å²) in [6, 6.07) is 0. The van der Waals surface area contributed by atoms with E-state index in [4.69, 9.17) is 10.8 Å². The fourth-order valence-electron chi connectivity index (χ4n) is 1.54. The monoisotopic (exact) mass is 212 g/mol. The van der Waals surface area contributed by atoms with Gasteiger partial charge in [0.1, 0.15) is 11.6 Å². The number of aliphatic hydroxyl groups is 1. The lowest BCUT2D eigenvalue weighted by Crippen LogP contribution is -2.10. The topological polar surface area (TPSA) is 77.0 Å². The van der Waals surface area contributed by atoms with Crippen molar-refractivity contribution in [1.82, 2.24) is 14.8 Å². The van der Waals surface area contributed by atoms with Crippen molar-refractivity contribution in [3.05, 3.63) is 11.6 Å². The zero-order valence-corrected chi connectivity index (χ0v) is 9.32. The maximum atomic E-state index is 8.70. The third kappa shape index (κ3) is 3.60. The molecule has 3 N–H and O–H groups in total. The molecule has 1 heterocycles. The molecular weight excluding hydrogens is 192 g/mol. The van der Waals surface area contributed by atoms with E-state index in [0.717, 1.165) is 43.9 Å². The minimum Gasteiger partial charge on any atom is -0.396 e. The Labute approximate surface area is 90.3 Å². The summed E-state index contributed by atoms with van der Waals surface area (Å²) in [6.07, 6.45) is 3.61. The highest BCUT2D eigenvalue weighted by molar-refractivity contribution is 4.94. The van der Waals surface area contributed by atoms with E-state index in [1.807, 2.05) is 6.92 Å². The largest absolute Gasteiger partial charge is 0.396 e. The first-order valence-electron chi connectivity index (χ1n) is 5.49. The van der Waals surface area contributed by atoms with Gasteiger partial charge in [-0.05, 0) is 32.7 Å². The van der Waals surface area contributed by atoms with Crippen LogP contribution in [0.4, 0.5) is 0 Å². The first-order valence-corrected chi connectivity index (χ1v) is 5.49. The van der Waals surface area contributed by atoms with Crippen LogP contribution in [0.2, 0.25) is 0 Å². The Bertz CT molecular complexity index is 285. The fourth-order valence-corrected chi connectivity index (χ4v) is 1.54. The van der Waals surface area contributed by atoms with Crippen LogP contribution in [-0.2, 0) is 13.0 Å². The van der Waals surface area contributed by atoms with Gasteiger partial charge in [0.15, 0.2) is 0 Å². The second-order valence-corrected chi connectivity index (χ2v) is 3.64. The smallest absolute Gasteiger partial charge is 0.132 e. The molecule has 0 radical (unpaired) electrons. The van der Waals surface area contributed by atoms with Crippen LogP contribution in [-0.4, -0.2) is 33.0 Å². The van der Waals surface area contributed by atoms with E-state index >= 15 is 0 Å². The van der Waals surface area contributed by atoms with Gasteiger partial charge >= 0.3 is 0 Å². The summed E-state index contributed by atoms with van der Waals surface area (Å²) in [5.74, 6) is 1.96. The molecule has 0 aromatic carbocycles. The molecule has 0 fully saturated rings. The molecule has 0 saturated heterocycles. The van der Waals surface area contributed by atoms with Crippen molar-refractivity contribution in [1.29, 1.82) is 0 Å². The van der Waals surface area contributed by atoms with Gasteiger partial charge in [-0.15, -0.1) is 10.2 Å². The highest BCUT2D eigenvalue weighted by Gasteiger charge is 2.07. The molecular formula is C10H20N4O. The number of unbranched alkanes of at least 4 members (excludes halogenated alkanes) is 1. The van der Waals surface area contributed by atoms with E-state index in [1.165, 1.54) is 0 Å². The molecule has 0 unspecified atom stereocenters. The van der Waals surface area contributed by atoms with Crippen LogP contribution >= 0.6 is 0 Å². The molecule has 0 atom stereocenters. The van der Waals surface area contributed by atoms with Crippen LogP contribution in [0.15, 0.2) is 0 Å². The standard InChI is InChI=1S/C10H20N4O/c1-9-12-13-10(5-2-3-8-15)14(9)7-4-6-11/h15H,2-8,11H2,1H3. The fraction of sp³-hybridized carbons (Fsp3) is 0.800. The van der Waals surface area contributed by atoms with Gasteiger partial charge in [-0.2, -0.15) is 0 Å². The molecule has 0 aliphatic heterocycles. The van der Waals surface area contributed by atoms with Crippen molar-refractivity contribution in [2.75, 3.05) is 13.2 Å². The van der Waals surface area contributed by atoms with Gasteiger partial charge in [0.05, 0.1) is 0 Å². The molecule has 1 aromatic heterocycles. The van der Waals surface area contributed by atoms with Crippen molar-refractivity contribution in [3.8, 4) is 0 Å². The average Bonchev–Trinajstić information content (AvgIpc) is 2.58. The van der Waals surface area contributed by atoms with Gasteiger partial charge < -0.3 is 15.4 Å². The first kappa shape index (κ1) is 12.1. The van der Waals surface area contributed by atoms with Crippen LogP contribution in [0.5, 0.6) is 0 Å². The van der Waals surface area contributed by atoms with Gasteiger partial charge in [-0.25, -0.2) is 0 Å². The Morgan fingerprint density at radius 2 is 2.07 bits per heavy atom. The number of nitrogens with two attached hydrogens (primary N) is 1. The third-order valence-electron chi connectivity index (χ3n) is 2.41. The van der Waals surface area contributed by atoms with Crippen LogP contribution < -0.4 is 5.73 Å². The lowest BCUT2D eigenvalue weighted by molar-refractivity contribution is 0.284. The lowest BCUT2D eigenvalue weighted by atomic mass is 10.2. The van der Waals surface area contributed by atoms with E-state index in [9.17, 15) is 0 Å². The highest BCUT2D eigenvalue weighted by Crippen LogP contribution is 2.06. The zero-order chi connectivity index (χ0) is 11.1. The minimum atomic E-state index is 0.246. The van der Waals surface area contributed by atoms with Gasteiger partial charge in [-0.3, -0.25) is 0 Å². The summed E-state index contributed by atoms with van der Waals surface area (Å²) in [5, 5.41) is 16.9. The number of aryl methyl sites for hydroxylation is 2. The normalized spacial score (nSPS) is 10.9. The summed E-state index contributed by atoms with van der Waals surface area (Å²) >= 11 is 0. The van der Waals surface area contributed by atoms with Crippen LogP contribution in [0, 0.1) is 6.92 Å². The van der Waals surface area contributed by atoms with Crippen molar-refractivity contribution in [3.63, 3.8) is 0 Å². The highest BCUT2D eigenvalue weighted by atomic mass is 16.2. The maximum Gasteiger partial charge on any atom is 0.132 e. The van der Waals surface area contributed by atoms with Crippen LogP contribution in [0.25, 0.3) is 0 Å². The number of hydrogen-bond donors (Lipinski definition) is 2. The molecule has 86 valence electrons. The quantitative estimate of drug-likeness (QED) is 0.635. The van der Waals surface area contributed by atoms with Crippen molar-refractivity contribution < 1.29 is 5.11 Å². The second kappa shape index (κ2) is 6.53. The Kier molecular flexibility index (Phi) is 5.28. The second-order valence-electron chi connectivity index (χ2n) is 3.64. The molecule has 5 nitrogen and oxygen atoms in total. The molecule has 0 bridgehead atoms. The van der Waals surface area contributed by atoms with E-state index in [0.29, 0.717) is 6.54 Å². The predicted molar refractivity (Wildman–Crippen MR) is 58.5 cm³/mol. The number of aromatic nitrogens is 3. The molecule has 0 spiro atoms. The van der Waals surface area contributed by atoms with Crippen molar-refractivity contribution in [2.24, 2.45) is 5.73 Å². The minimum absolute atomic E-state index is 0.246. The number of rotatable bonds is 7. The predicted octanol–water partition coefficient (Wildman–Crippen LogP) is 0.250. The number of aliphatic hydroxyl groups excluding tert-OH is 1.